The fourth-order valence-corrected chi connectivity index (χ4v) is 5.71. The third kappa shape index (κ3) is 5.71. The van der Waals surface area contributed by atoms with Crippen LogP contribution in [-0.4, -0.2) is 46.7 Å². The summed E-state index contributed by atoms with van der Waals surface area (Å²) in [6.07, 6.45) is 3.23. The van der Waals surface area contributed by atoms with Crippen LogP contribution in [-0.2, 0) is 4.74 Å². The van der Waals surface area contributed by atoms with Crippen molar-refractivity contribution in [3.8, 4) is 17.3 Å². The zero-order valence-electron chi connectivity index (χ0n) is 22.4. The molecule has 1 saturated heterocycles. The highest BCUT2D eigenvalue weighted by atomic mass is 32.1. The van der Waals surface area contributed by atoms with Gasteiger partial charge in [0.25, 0.3) is 0 Å². The first kappa shape index (κ1) is 26.6. The molecule has 0 aliphatic carbocycles. The van der Waals surface area contributed by atoms with Crippen LogP contribution in [0.5, 0.6) is 0 Å². The highest BCUT2D eigenvalue weighted by molar-refractivity contribution is 7.16. The standard InChI is InChI=1S/C30H30FN5O2S/c1-30(2,3)38-29(37)36-15-12-19(13-16-36)21-7-10-24-23(17-21)25(11-14-33-24)35(4)28-34-27(26(18-32)39-28)20-5-8-22(31)9-6-20/h5-11,14,17,19H,12-13,15-16H2,1-4H3. The molecule has 1 aliphatic rings. The molecule has 0 spiro atoms. The minimum atomic E-state index is -0.507. The van der Waals surface area contributed by atoms with Crippen LogP contribution in [0.2, 0.25) is 0 Å². The van der Waals surface area contributed by atoms with E-state index in [2.05, 4.69) is 23.2 Å². The predicted octanol–water partition coefficient (Wildman–Crippen LogP) is 7.25. The molecule has 200 valence electrons. The number of hydrogen-bond donors (Lipinski definition) is 0. The van der Waals surface area contributed by atoms with Crippen LogP contribution >= 0.6 is 11.3 Å². The number of piperidine rings is 1. The molecule has 4 aromatic rings. The Morgan fingerprint density at radius 1 is 1.15 bits per heavy atom. The van der Waals surface area contributed by atoms with Gasteiger partial charge in [-0.05, 0) is 87.6 Å². The molecular formula is C30H30FN5O2S. The number of rotatable bonds is 4. The number of ether oxygens (including phenoxy) is 1. The van der Waals surface area contributed by atoms with Crippen molar-refractivity contribution < 1.29 is 13.9 Å². The van der Waals surface area contributed by atoms with E-state index in [-0.39, 0.29) is 11.9 Å². The largest absolute Gasteiger partial charge is 0.444 e. The van der Waals surface area contributed by atoms with Gasteiger partial charge in [0.05, 0.1) is 11.2 Å². The summed E-state index contributed by atoms with van der Waals surface area (Å²) in [5.41, 5.74) is 3.73. The van der Waals surface area contributed by atoms with Gasteiger partial charge < -0.3 is 14.5 Å². The summed E-state index contributed by atoms with van der Waals surface area (Å²) in [5, 5.41) is 11.4. The topological polar surface area (TPSA) is 82.4 Å². The number of carbonyl (C=O) groups is 1. The van der Waals surface area contributed by atoms with Crippen LogP contribution in [0.3, 0.4) is 0 Å². The second-order valence-electron chi connectivity index (χ2n) is 10.7. The molecule has 39 heavy (non-hydrogen) atoms. The summed E-state index contributed by atoms with van der Waals surface area (Å²) in [7, 11) is 1.93. The second kappa shape index (κ2) is 10.6. The Morgan fingerprint density at radius 3 is 2.54 bits per heavy atom. The zero-order valence-corrected chi connectivity index (χ0v) is 23.3. The Morgan fingerprint density at radius 2 is 1.87 bits per heavy atom. The number of anilines is 2. The Bertz CT molecular complexity index is 1550. The fourth-order valence-electron chi connectivity index (χ4n) is 4.85. The Hall–Kier alpha value is -4.03. The Labute approximate surface area is 231 Å². The molecule has 3 heterocycles. The Kier molecular flexibility index (Phi) is 7.23. The number of nitrogens with zero attached hydrogens (tertiary/aromatic N) is 5. The quantitative estimate of drug-likeness (QED) is 0.270. The van der Waals surface area contributed by atoms with Gasteiger partial charge in [0.2, 0.25) is 0 Å². The van der Waals surface area contributed by atoms with Crippen LogP contribution in [0.4, 0.5) is 20.0 Å². The highest BCUT2D eigenvalue weighted by Gasteiger charge is 2.28. The van der Waals surface area contributed by atoms with Crippen molar-refractivity contribution in [3.05, 3.63) is 71.0 Å². The molecule has 1 fully saturated rings. The number of aromatic nitrogens is 2. The zero-order chi connectivity index (χ0) is 27.7. The van der Waals surface area contributed by atoms with Gasteiger partial charge in [-0.25, -0.2) is 14.2 Å². The van der Waals surface area contributed by atoms with Crippen LogP contribution < -0.4 is 4.90 Å². The first-order valence-corrected chi connectivity index (χ1v) is 13.7. The first-order chi connectivity index (χ1) is 18.6. The van der Waals surface area contributed by atoms with Gasteiger partial charge in [0.15, 0.2) is 5.13 Å². The number of fused-ring (bicyclic) bond motifs is 1. The molecule has 0 bridgehead atoms. The van der Waals surface area contributed by atoms with Crippen molar-refractivity contribution in [2.75, 3.05) is 25.0 Å². The van der Waals surface area contributed by atoms with Gasteiger partial charge in [-0.2, -0.15) is 5.26 Å². The number of pyridine rings is 1. The lowest BCUT2D eigenvalue weighted by Gasteiger charge is -2.33. The van der Waals surface area contributed by atoms with E-state index < -0.39 is 5.60 Å². The summed E-state index contributed by atoms with van der Waals surface area (Å²) < 4.78 is 19.0. The number of amides is 1. The summed E-state index contributed by atoms with van der Waals surface area (Å²) in [4.78, 5) is 26.0. The van der Waals surface area contributed by atoms with Crippen LogP contribution in [0.1, 0.15) is 50.0 Å². The number of carbonyl (C=O) groups excluding carboxylic acids is 1. The molecule has 7 nitrogen and oxygen atoms in total. The van der Waals surface area contributed by atoms with Crippen molar-refractivity contribution in [1.29, 1.82) is 5.26 Å². The molecule has 1 amide bonds. The number of thiazole rings is 1. The minimum Gasteiger partial charge on any atom is -0.444 e. The summed E-state index contributed by atoms with van der Waals surface area (Å²) >= 11 is 1.30. The van der Waals surface area contributed by atoms with E-state index in [1.54, 1.807) is 23.2 Å². The summed E-state index contributed by atoms with van der Waals surface area (Å²) in [6, 6.07) is 16.5. The van der Waals surface area contributed by atoms with Crippen molar-refractivity contribution >= 4 is 39.2 Å². The van der Waals surface area contributed by atoms with Gasteiger partial charge in [0.1, 0.15) is 28.1 Å². The molecule has 1 aliphatic heterocycles. The van der Waals surface area contributed by atoms with Gasteiger partial charge in [-0.15, -0.1) is 0 Å². The molecule has 9 heteroatoms. The van der Waals surface area contributed by atoms with Crippen LogP contribution in [0.15, 0.2) is 54.7 Å². The summed E-state index contributed by atoms with van der Waals surface area (Å²) in [5.74, 6) is -0.0130. The average molecular weight is 544 g/mol. The normalized spacial score (nSPS) is 14.3. The van der Waals surface area contributed by atoms with Gasteiger partial charge in [-0.1, -0.05) is 17.4 Å². The van der Waals surface area contributed by atoms with E-state index in [1.165, 1.54) is 29.0 Å². The lowest BCUT2D eigenvalue weighted by Crippen LogP contribution is -2.41. The molecule has 2 aromatic heterocycles. The lowest BCUT2D eigenvalue weighted by molar-refractivity contribution is 0.0205. The Balaban J connectivity index is 1.40. The van der Waals surface area contributed by atoms with Gasteiger partial charge in [0, 0.05) is 37.3 Å². The third-order valence-electron chi connectivity index (χ3n) is 6.84. The fraction of sp³-hybridized carbons (Fsp3) is 0.333. The van der Waals surface area contributed by atoms with Crippen molar-refractivity contribution in [2.24, 2.45) is 0 Å². The lowest BCUT2D eigenvalue weighted by atomic mass is 9.88. The molecule has 5 rings (SSSR count). The number of benzene rings is 2. The average Bonchev–Trinajstić information content (AvgIpc) is 3.36. The number of likely N-dealkylation sites (tertiary alicyclic amines) is 1. The molecule has 0 unspecified atom stereocenters. The molecule has 0 radical (unpaired) electrons. The third-order valence-corrected chi connectivity index (χ3v) is 7.88. The second-order valence-corrected chi connectivity index (χ2v) is 11.7. The molecular weight excluding hydrogens is 513 g/mol. The SMILES string of the molecule is CN(c1nc(-c2ccc(F)cc2)c(C#N)s1)c1ccnc2ccc(C3CCN(C(=O)OC(C)(C)C)CC3)cc12. The van der Waals surface area contributed by atoms with Gasteiger partial charge in [-0.3, -0.25) is 4.98 Å². The molecule has 0 atom stereocenters. The number of nitriles is 1. The van der Waals surface area contributed by atoms with Crippen molar-refractivity contribution in [3.63, 3.8) is 0 Å². The van der Waals surface area contributed by atoms with E-state index in [9.17, 15) is 14.4 Å². The number of halogens is 1. The molecule has 2 aromatic carbocycles. The smallest absolute Gasteiger partial charge is 0.410 e. The van der Waals surface area contributed by atoms with E-state index in [4.69, 9.17) is 9.72 Å². The predicted molar refractivity (Wildman–Crippen MR) is 152 cm³/mol. The van der Waals surface area contributed by atoms with Crippen molar-refractivity contribution in [1.82, 2.24) is 14.9 Å². The van der Waals surface area contributed by atoms with E-state index in [0.29, 0.717) is 40.3 Å². The number of hydrogen-bond acceptors (Lipinski definition) is 7. The van der Waals surface area contributed by atoms with Crippen LogP contribution in [0, 0.1) is 17.1 Å². The molecule has 0 saturated carbocycles. The van der Waals surface area contributed by atoms with E-state index in [1.807, 2.05) is 44.9 Å². The van der Waals surface area contributed by atoms with Crippen LogP contribution in [0.25, 0.3) is 22.2 Å². The monoisotopic (exact) mass is 543 g/mol. The van der Waals surface area contributed by atoms with E-state index >= 15 is 0 Å². The van der Waals surface area contributed by atoms with E-state index in [0.717, 1.165) is 29.4 Å². The minimum absolute atomic E-state index is 0.257. The first-order valence-electron chi connectivity index (χ1n) is 12.9. The van der Waals surface area contributed by atoms with Gasteiger partial charge >= 0.3 is 6.09 Å². The maximum absolute atomic E-state index is 13.4. The maximum Gasteiger partial charge on any atom is 0.410 e. The highest BCUT2D eigenvalue weighted by Crippen LogP contribution is 2.38. The molecule has 0 N–H and O–H groups in total. The summed E-state index contributed by atoms with van der Waals surface area (Å²) in [6.45, 7) is 6.95. The van der Waals surface area contributed by atoms with Crippen molar-refractivity contribution in [2.45, 2.75) is 45.1 Å². The maximum atomic E-state index is 13.4.